The Bertz CT molecular complexity index is 819. The lowest BCUT2D eigenvalue weighted by atomic mass is 9.91. The number of nitrogens with zero attached hydrogens (tertiary/aromatic N) is 5. The number of rotatable bonds is 15. The molecule has 0 saturated carbocycles. The van der Waals surface area contributed by atoms with Gasteiger partial charge >= 0.3 is 0 Å². The van der Waals surface area contributed by atoms with Crippen molar-refractivity contribution in [2.75, 3.05) is 57.3 Å². The fourth-order valence-corrected chi connectivity index (χ4v) is 6.43. The zero-order chi connectivity index (χ0) is 26.7. The van der Waals surface area contributed by atoms with E-state index >= 15 is 0 Å². The van der Waals surface area contributed by atoms with Gasteiger partial charge < -0.3 is 19.9 Å². The Hall–Kier alpha value is -1.77. The van der Waals surface area contributed by atoms with Gasteiger partial charge in [-0.15, -0.1) is 0 Å². The summed E-state index contributed by atoms with van der Waals surface area (Å²) < 4.78 is 5.32. The number of ether oxygens (including phenoxy) is 1. The molecule has 2 unspecified atom stereocenters. The first-order valence-electron chi connectivity index (χ1n) is 15.5. The SMILES string of the molecule is CCN1CC2CCC(C1)N2c1ncc(C2CCN(CCCCCCCCNC(=O)COC(C)C)CC2)cn1.[HH]. The molecule has 2 bridgehead atoms. The molecule has 216 valence electrons. The molecule has 0 aliphatic carbocycles. The van der Waals surface area contributed by atoms with Gasteiger partial charge in [0.15, 0.2) is 0 Å². The van der Waals surface area contributed by atoms with Crippen LogP contribution in [-0.4, -0.2) is 96.3 Å². The van der Waals surface area contributed by atoms with Gasteiger partial charge in [-0.2, -0.15) is 0 Å². The van der Waals surface area contributed by atoms with Gasteiger partial charge in [0.05, 0.1) is 6.10 Å². The maximum Gasteiger partial charge on any atom is 0.246 e. The summed E-state index contributed by atoms with van der Waals surface area (Å²) in [4.78, 5) is 29.1. The van der Waals surface area contributed by atoms with Crippen LogP contribution in [0.1, 0.15) is 97.9 Å². The Morgan fingerprint density at radius 3 is 2.24 bits per heavy atom. The minimum absolute atomic E-state index is 0. The molecule has 8 nitrogen and oxygen atoms in total. The quantitative estimate of drug-likeness (QED) is 0.336. The van der Waals surface area contributed by atoms with E-state index in [1.165, 1.54) is 83.0 Å². The van der Waals surface area contributed by atoms with Gasteiger partial charge in [-0.1, -0.05) is 32.6 Å². The first kappa shape index (κ1) is 29.2. The number of carbonyl (C=O) groups excluding carboxylic acids is 1. The van der Waals surface area contributed by atoms with E-state index in [-0.39, 0.29) is 20.0 Å². The maximum absolute atomic E-state index is 11.6. The third-order valence-corrected chi connectivity index (χ3v) is 8.72. The lowest BCUT2D eigenvalue weighted by molar-refractivity contribution is -0.127. The number of nitrogens with one attached hydrogen (secondary N) is 1. The van der Waals surface area contributed by atoms with Gasteiger partial charge in [0, 0.05) is 45.5 Å². The molecule has 2 atom stereocenters. The number of piperazine rings is 1. The molecular formula is C30H54N6O2. The molecule has 3 aliphatic rings. The highest BCUT2D eigenvalue weighted by Gasteiger charge is 2.40. The molecule has 4 rings (SSSR count). The number of amides is 1. The highest BCUT2D eigenvalue weighted by Crippen LogP contribution is 2.34. The molecule has 1 aromatic heterocycles. The number of hydrogen-bond donors (Lipinski definition) is 1. The number of anilines is 1. The van der Waals surface area contributed by atoms with Crippen molar-refractivity contribution in [1.29, 1.82) is 0 Å². The molecule has 3 aliphatic heterocycles. The topological polar surface area (TPSA) is 73.8 Å². The van der Waals surface area contributed by atoms with Crippen LogP contribution in [0.15, 0.2) is 12.4 Å². The summed E-state index contributed by atoms with van der Waals surface area (Å²) in [5.41, 5.74) is 1.33. The number of likely N-dealkylation sites (tertiary alicyclic amines) is 2. The smallest absolute Gasteiger partial charge is 0.246 e. The van der Waals surface area contributed by atoms with E-state index in [1.54, 1.807) is 0 Å². The number of likely N-dealkylation sites (N-methyl/N-ethyl adjacent to an activating group) is 1. The zero-order valence-electron chi connectivity index (χ0n) is 24.2. The number of carbonyl (C=O) groups is 1. The van der Waals surface area contributed by atoms with Crippen molar-refractivity contribution in [3.05, 3.63) is 18.0 Å². The van der Waals surface area contributed by atoms with Crippen molar-refractivity contribution in [2.24, 2.45) is 0 Å². The number of aromatic nitrogens is 2. The predicted octanol–water partition coefficient (Wildman–Crippen LogP) is 4.46. The van der Waals surface area contributed by atoms with E-state index in [4.69, 9.17) is 14.7 Å². The van der Waals surface area contributed by atoms with Crippen LogP contribution < -0.4 is 10.2 Å². The second kappa shape index (κ2) is 15.1. The first-order chi connectivity index (χ1) is 18.5. The van der Waals surface area contributed by atoms with Crippen molar-refractivity contribution in [3.8, 4) is 0 Å². The van der Waals surface area contributed by atoms with E-state index in [9.17, 15) is 4.79 Å². The van der Waals surface area contributed by atoms with Gasteiger partial charge in [0.2, 0.25) is 11.9 Å². The lowest BCUT2D eigenvalue weighted by Gasteiger charge is -2.40. The summed E-state index contributed by atoms with van der Waals surface area (Å²) >= 11 is 0. The molecule has 1 N–H and O–H groups in total. The fourth-order valence-electron chi connectivity index (χ4n) is 6.43. The summed E-state index contributed by atoms with van der Waals surface area (Å²) in [6.07, 6.45) is 16.7. The van der Waals surface area contributed by atoms with Crippen molar-refractivity contribution in [3.63, 3.8) is 0 Å². The van der Waals surface area contributed by atoms with Crippen LogP contribution in [0.5, 0.6) is 0 Å². The Morgan fingerprint density at radius 2 is 1.61 bits per heavy atom. The normalized spacial score (nSPS) is 22.9. The van der Waals surface area contributed by atoms with Crippen LogP contribution >= 0.6 is 0 Å². The number of unbranched alkanes of at least 4 members (excludes halogenated alkanes) is 5. The first-order valence-corrected chi connectivity index (χ1v) is 15.5. The molecule has 1 amide bonds. The monoisotopic (exact) mass is 530 g/mol. The Morgan fingerprint density at radius 1 is 0.974 bits per heavy atom. The van der Waals surface area contributed by atoms with Crippen LogP contribution in [0.25, 0.3) is 0 Å². The van der Waals surface area contributed by atoms with E-state index in [0.717, 1.165) is 38.5 Å². The Labute approximate surface area is 232 Å². The standard InChI is InChI=1S/C30H52N6O2.H2/c1-4-34-21-27-11-12-28(22-34)36(27)30-32-19-26(20-33-30)25-13-17-35(18-14-25)16-10-8-6-5-7-9-15-31-29(37)23-38-24(2)3;/h19-20,24-25,27-28H,4-18,21-23H2,1-3H3,(H,31,37);1H. The van der Waals surface area contributed by atoms with E-state index < -0.39 is 0 Å². The zero-order valence-corrected chi connectivity index (χ0v) is 24.2. The fraction of sp³-hybridized carbons (Fsp3) is 0.833. The molecule has 38 heavy (non-hydrogen) atoms. The summed E-state index contributed by atoms with van der Waals surface area (Å²) in [5.74, 6) is 1.56. The highest BCUT2D eigenvalue weighted by atomic mass is 16.5. The highest BCUT2D eigenvalue weighted by molar-refractivity contribution is 5.77. The predicted molar refractivity (Wildman–Crippen MR) is 156 cm³/mol. The third kappa shape index (κ3) is 8.62. The molecule has 0 aromatic carbocycles. The molecular weight excluding hydrogens is 476 g/mol. The second-order valence-corrected chi connectivity index (χ2v) is 11.9. The molecule has 0 radical (unpaired) electrons. The summed E-state index contributed by atoms with van der Waals surface area (Å²) in [6, 6.07) is 1.18. The van der Waals surface area contributed by atoms with E-state index in [0.29, 0.717) is 18.0 Å². The van der Waals surface area contributed by atoms with Crippen molar-refractivity contribution >= 4 is 11.9 Å². The van der Waals surface area contributed by atoms with Gasteiger partial charge in [0.25, 0.3) is 0 Å². The van der Waals surface area contributed by atoms with E-state index in [1.807, 2.05) is 13.8 Å². The van der Waals surface area contributed by atoms with Gasteiger partial charge in [-0.25, -0.2) is 9.97 Å². The Kier molecular flexibility index (Phi) is 11.6. The maximum atomic E-state index is 11.6. The van der Waals surface area contributed by atoms with Crippen LogP contribution in [0, 0.1) is 0 Å². The van der Waals surface area contributed by atoms with E-state index in [2.05, 4.69) is 39.3 Å². The largest absolute Gasteiger partial charge is 0.369 e. The van der Waals surface area contributed by atoms with Gasteiger partial charge in [-0.3, -0.25) is 9.69 Å². The van der Waals surface area contributed by atoms with Gasteiger partial charge in [0.1, 0.15) is 6.61 Å². The lowest BCUT2D eigenvalue weighted by Crippen LogP contribution is -2.54. The molecule has 1 aromatic rings. The number of hydrogen-bond acceptors (Lipinski definition) is 7. The molecule has 0 spiro atoms. The van der Waals surface area contributed by atoms with Crippen molar-refractivity contribution < 1.29 is 11.0 Å². The summed E-state index contributed by atoms with van der Waals surface area (Å²) in [5, 5.41) is 2.94. The summed E-state index contributed by atoms with van der Waals surface area (Å²) in [6.45, 7) is 14.2. The van der Waals surface area contributed by atoms with Crippen LogP contribution in [0.4, 0.5) is 5.95 Å². The summed E-state index contributed by atoms with van der Waals surface area (Å²) in [7, 11) is 0. The molecule has 3 saturated heterocycles. The molecule has 4 heterocycles. The van der Waals surface area contributed by atoms with Crippen molar-refractivity contribution in [1.82, 2.24) is 25.1 Å². The minimum Gasteiger partial charge on any atom is -0.369 e. The molecule has 8 heteroatoms. The second-order valence-electron chi connectivity index (χ2n) is 11.9. The van der Waals surface area contributed by atoms with Crippen LogP contribution in [0.2, 0.25) is 0 Å². The minimum atomic E-state index is -0.000205. The van der Waals surface area contributed by atoms with Crippen LogP contribution in [0.3, 0.4) is 0 Å². The number of piperidine rings is 1. The average molecular weight is 531 g/mol. The van der Waals surface area contributed by atoms with Gasteiger partial charge in [-0.05, 0) is 90.0 Å². The average Bonchev–Trinajstić information content (AvgIpc) is 3.20. The number of fused-ring (bicyclic) bond motifs is 2. The third-order valence-electron chi connectivity index (χ3n) is 8.72. The molecule has 3 fully saturated rings. The van der Waals surface area contributed by atoms with Crippen LogP contribution in [-0.2, 0) is 9.53 Å². The Balaban J connectivity index is 0.00000420. The van der Waals surface area contributed by atoms with Crippen molar-refractivity contribution in [2.45, 2.75) is 109 Å².